The largest absolute Gasteiger partial charge is 0.399 e. The van der Waals surface area contributed by atoms with Crippen molar-refractivity contribution in [2.45, 2.75) is 6.54 Å². The van der Waals surface area contributed by atoms with Gasteiger partial charge in [-0.25, -0.2) is 0 Å². The molecule has 84 valence electrons. The summed E-state index contributed by atoms with van der Waals surface area (Å²) in [5, 5.41) is 4.16. The molecule has 0 aliphatic carbocycles. The van der Waals surface area contributed by atoms with Gasteiger partial charge < -0.3 is 10.6 Å². The lowest BCUT2D eigenvalue weighted by atomic mass is 10.2. The van der Waals surface area contributed by atoms with Crippen molar-refractivity contribution < 1.29 is 0 Å². The van der Waals surface area contributed by atoms with Gasteiger partial charge in [0.2, 0.25) is 0 Å². The van der Waals surface area contributed by atoms with Crippen molar-refractivity contribution in [1.29, 1.82) is 0 Å². The van der Waals surface area contributed by atoms with Crippen LogP contribution < -0.4 is 10.6 Å². The van der Waals surface area contributed by atoms with E-state index < -0.39 is 0 Å². The first kappa shape index (κ1) is 10.5. The fraction of sp³-hybridized carbons (Fsp3) is 0.250. The van der Waals surface area contributed by atoms with Gasteiger partial charge >= 0.3 is 0 Å². The Morgan fingerprint density at radius 1 is 1.38 bits per heavy atom. The van der Waals surface area contributed by atoms with Crippen molar-refractivity contribution in [2.75, 3.05) is 24.2 Å². The first-order valence-corrected chi connectivity index (χ1v) is 5.30. The Hall–Kier alpha value is -1.97. The molecule has 2 aromatic rings. The van der Waals surface area contributed by atoms with Crippen LogP contribution in [0.25, 0.3) is 0 Å². The quantitative estimate of drug-likeness (QED) is 0.790. The zero-order valence-electron chi connectivity index (χ0n) is 9.37. The zero-order valence-corrected chi connectivity index (χ0v) is 9.37. The Labute approximate surface area is 95.3 Å². The molecular formula is C12H16N4. The average molecular weight is 216 g/mol. The second-order valence-corrected chi connectivity index (χ2v) is 3.79. The minimum Gasteiger partial charge on any atom is -0.399 e. The van der Waals surface area contributed by atoms with Gasteiger partial charge in [-0.1, -0.05) is 6.07 Å². The maximum absolute atomic E-state index is 5.74. The summed E-state index contributed by atoms with van der Waals surface area (Å²) in [6.07, 6.45) is 3.76. The topological polar surface area (TPSA) is 47.1 Å². The molecule has 4 nitrogen and oxygen atoms in total. The molecule has 0 aliphatic heterocycles. The summed E-state index contributed by atoms with van der Waals surface area (Å²) in [6.45, 7) is 1.78. The highest BCUT2D eigenvalue weighted by atomic mass is 15.3. The predicted octanol–water partition coefficient (Wildman–Crippen LogP) is 1.60. The molecule has 4 heteroatoms. The lowest BCUT2D eigenvalue weighted by molar-refractivity contribution is 0.611. The summed E-state index contributed by atoms with van der Waals surface area (Å²) >= 11 is 0. The first-order valence-electron chi connectivity index (χ1n) is 5.30. The molecule has 1 aromatic carbocycles. The monoisotopic (exact) mass is 216 g/mol. The lowest BCUT2D eigenvalue weighted by Gasteiger charge is -2.19. The summed E-state index contributed by atoms with van der Waals surface area (Å²) in [5.74, 6) is 0. The Morgan fingerprint density at radius 2 is 2.25 bits per heavy atom. The zero-order chi connectivity index (χ0) is 11.4. The summed E-state index contributed by atoms with van der Waals surface area (Å²) < 4.78 is 1.92. The van der Waals surface area contributed by atoms with E-state index >= 15 is 0 Å². The van der Waals surface area contributed by atoms with Gasteiger partial charge in [-0.05, 0) is 24.3 Å². The van der Waals surface area contributed by atoms with Crippen LogP contribution in [0, 0.1) is 0 Å². The van der Waals surface area contributed by atoms with E-state index in [1.165, 1.54) is 0 Å². The van der Waals surface area contributed by atoms with Crippen molar-refractivity contribution in [3.8, 4) is 0 Å². The number of benzene rings is 1. The Balaban J connectivity index is 1.95. The van der Waals surface area contributed by atoms with E-state index in [1.54, 1.807) is 6.20 Å². The van der Waals surface area contributed by atoms with Crippen molar-refractivity contribution in [3.63, 3.8) is 0 Å². The van der Waals surface area contributed by atoms with Crippen molar-refractivity contribution in [2.24, 2.45) is 0 Å². The highest BCUT2D eigenvalue weighted by Crippen LogP contribution is 2.15. The lowest BCUT2D eigenvalue weighted by Crippen LogP contribution is -2.22. The molecule has 2 N–H and O–H groups in total. The molecule has 0 fully saturated rings. The number of hydrogen-bond acceptors (Lipinski definition) is 3. The second-order valence-electron chi connectivity index (χ2n) is 3.79. The standard InChI is InChI=1S/C12H16N4/c1-15(8-9-16-7-3-6-14-16)12-5-2-4-11(13)10-12/h2-7,10H,8-9,13H2,1H3. The average Bonchev–Trinajstić information content (AvgIpc) is 2.78. The highest BCUT2D eigenvalue weighted by molar-refractivity contribution is 5.55. The maximum Gasteiger partial charge on any atom is 0.0584 e. The molecule has 0 saturated heterocycles. The van der Waals surface area contributed by atoms with Gasteiger partial charge in [0.25, 0.3) is 0 Å². The van der Waals surface area contributed by atoms with E-state index in [1.807, 2.05) is 35.1 Å². The molecule has 0 aliphatic rings. The first-order chi connectivity index (χ1) is 7.75. The molecule has 0 radical (unpaired) electrons. The number of nitrogens with two attached hydrogens (primary N) is 1. The Morgan fingerprint density at radius 3 is 2.94 bits per heavy atom. The van der Waals surface area contributed by atoms with Gasteiger partial charge in [-0.3, -0.25) is 4.68 Å². The van der Waals surface area contributed by atoms with Crippen LogP contribution >= 0.6 is 0 Å². The van der Waals surface area contributed by atoms with Crippen LogP contribution in [0.3, 0.4) is 0 Å². The van der Waals surface area contributed by atoms with Crippen molar-refractivity contribution in [1.82, 2.24) is 9.78 Å². The normalized spacial score (nSPS) is 10.3. The Bertz CT molecular complexity index is 436. The van der Waals surface area contributed by atoms with Crippen LogP contribution in [0.2, 0.25) is 0 Å². The third-order valence-corrected chi connectivity index (χ3v) is 2.53. The van der Waals surface area contributed by atoms with E-state index in [0.717, 1.165) is 24.5 Å². The summed E-state index contributed by atoms with van der Waals surface area (Å²) in [4.78, 5) is 2.16. The van der Waals surface area contributed by atoms with Gasteiger partial charge in [0.05, 0.1) is 6.54 Å². The fourth-order valence-electron chi connectivity index (χ4n) is 1.58. The predicted molar refractivity (Wildman–Crippen MR) is 66.4 cm³/mol. The third-order valence-electron chi connectivity index (χ3n) is 2.53. The number of likely N-dealkylation sites (N-methyl/N-ethyl adjacent to an activating group) is 1. The molecule has 0 atom stereocenters. The van der Waals surface area contributed by atoms with E-state index in [2.05, 4.69) is 23.1 Å². The van der Waals surface area contributed by atoms with Crippen LogP contribution in [0.15, 0.2) is 42.7 Å². The number of nitrogens with zero attached hydrogens (tertiary/aromatic N) is 3. The van der Waals surface area contributed by atoms with Crippen LogP contribution in [-0.2, 0) is 6.54 Å². The van der Waals surface area contributed by atoms with Crippen molar-refractivity contribution in [3.05, 3.63) is 42.7 Å². The Kier molecular flexibility index (Phi) is 3.10. The van der Waals surface area contributed by atoms with Crippen molar-refractivity contribution >= 4 is 11.4 Å². The molecule has 0 bridgehead atoms. The number of rotatable bonds is 4. The van der Waals surface area contributed by atoms with E-state index in [9.17, 15) is 0 Å². The fourth-order valence-corrected chi connectivity index (χ4v) is 1.58. The molecule has 2 rings (SSSR count). The van der Waals surface area contributed by atoms with E-state index in [4.69, 9.17) is 5.73 Å². The molecule has 1 aromatic heterocycles. The van der Waals surface area contributed by atoms with Gasteiger partial charge in [-0.15, -0.1) is 0 Å². The SMILES string of the molecule is CN(CCn1cccn1)c1cccc(N)c1. The molecule has 0 spiro atoms. The minimum absolute atomic E-state index is 0.795. The van der Waals surface area contributed by atoms with Gasteiger partial charge in [0, 0.05) is 37.4 Å². The number of nitrogen functional groups attached to an aromatic ring is 1. The smallest absolute Gasteiger partial charge is 0.0584 e. The molecule has 16 heavy (non-hydrogen) atoms. The van der Waals surface area contributed by atoms with Crippen LogP contribution in [0.1, 0.15) is 0 Å². The molecular weight excluding hydrogens is 200 g/mol. The molecule has 0 saturated carbocycles. The summed E-state index contributed by atoms with van der Waals surface area (Å²) in [5.41, 5.74) is 7.67. The maximum atomic E-state index is 5.74. The van der Waals surface area contributed by atoms with Crippen LogP contribution in [0.4, 0.5) is 11.4 Å². The highest BCUT2D eigenvalue weighted by Gasteiger charge is 2.01. The molecule has 0 unspecified atom stereocenters. The van der Waals surface area contributed by atoms with Crippen LogP contribution in [0.5, 0.6) is 0 Å². The van der Waals surface area contributed by atoms with E-state index in [0.29, 0.717) is 0 Å². The number of anilines is 2. The van der Waals surface area contributed by atoms with Gasteiger partial charge in [0.1, 0.15) is 0 Å². The summed E-state index contributed by atoms with van der Waals surface area (Å²) in [7, 11) is 2.05. The molecule has 1 heterocycles. The minimum atomic E-state index is 0.795. The molecule has 0 amide bonds. The second kappa shape index (κ2) is 4.70. The van der Waals surface area contributed by atoms with Gasteiger partial charge in [0.15, 0.2) is 0 Å². The summed E-state index contributed by atoms with van der Waals surface area (Å²) in [6, 6.07) is 9.82. The number of aromatic nitrogens is 2. The van der Waals surface area contributed by atoms with Crippen LogP contribution in [-0.4, -0.2) is 23.4 Å². The third kappa shape index (κ3) is 2.53. The number of hydrogen-bond donors (Lipinski definition) is 1. The van der Waals surface area contributed by atoms with Gasteiger partial charge in [-0.2, -0.15) is 5.10 Å². The van der Waals surface area contributed by atoms with E-state index in [-0.39, 0.29) is 0 Å².